The standard InChI is InChI=1S/C19H34N6O3S/c1-8-24(9-2)29(27,28)23(7)13-17-20-16(11-18(21-17)22(5)6)15-10-19(26)25(12-15)14(3)4/h11,14-15H,8-10,12-13H2,1-7H3/t15-/m0/s1. The van der Waals surface area contributed by atoms with Crippen molar-refractivity contribution in [3.8, 4) is 0 Å². The zero-order valence-electron chi connectivity index (χ0n) is 18.6. The molecule has 2 heterocycles. The average molecular weight is 427 g/mol. The number of hydrogen-bond donors (Lipinski definition) is 0. The lowest BCUT2D eigenvalue weighted by molar-refractivity contribution is -0.129. The van der Waals surface area contributed by atoms with E-state index in [2.05, 4.69) is 9.97 Å². The molecule has 0 bridgehead atoms. The van der Waals surface area contributed by atoms with Crippen LogP contribution < -0.4 is 4.90 Å². The Hall–Kier alpha value is -1.78. The van der Waals surface area contributed by atoms with Crippen molar-refractivity contribution in [2.45, 2.75) is 52.6 Å². The van der Waals surface area contributed by atoms with E-state index in [9.17, 15) is 13.2 Å². The molecule has 0 radical (unpaired) electrons. The highest BCUT2D eigenvalue weighted by molar-refractivity contribution is 7.86. The molecule has 9 nitrogen and oxygen atoms in total. The van der Waals surface area contributed by atoms with E-state index in [0.717, 1.165) is 5.69 Å². The Morgan fingerprint density at radius 3 is 2.28 bits per heavy atom. The number of rotatable bonds is 9. The number of amides is 1. The van der Waals surface area contributed by atoms with Gasteiger partial charge in [-0.2, -0.15) is 17.0 Å². The number of anilines is 1. The Kier molecular flexibility index (Phi) is 7.58. The Bertz CT molecular complexity index is 823. The van der Waals surface area contributed by atoms with Gasteiger partial charge >= 0.3 is 0 Å². The van der Waals surface area contributed by atoms with Gasteiger partial charge in [0, 0.05) is 65.2 Å². The summed E-state index contributed by atoms with van der Waals surface area (Å²) in [6.45, 7) is 9.13. The lowest BCUT2D eigenvalue weighted by atomic mass is 10.0. The molecule has 0 saturated carbocycles. The minimum absolute atomic E-state index is 0.0185. The summed E-state index contributed by atoms with van der Waals surface area (Å²) in [7, 11) is 1.72. The minimum Gasteiger partial charge on any atom is -0.363 e. The summed E-state index contributed by atoms with van der Waals surface area (Å²) in [6, 6.07) is 2.04. The lowest BCUT2D eigenvalue weighted by Crippen LogP contribution is -2.41. The van der Waals surface area contributed by atoms with Gasteiger partial charge in [-0.3, -0.25) is 4.79 Å². The van der Waals surface area contributed by atoms with Gasteiger partial charge in [0.1, 0.15) is 11.6 Å². The molecule has 1 aromatic heterocycles. The fourth-order valence-electron chi connectivity index (χ4n) is 3.47. The molecule has 0 aromatic carbocycles. The van der Waals surface area contributed by atoms with Crippen LogP contribution in [0.2, 0.25) is 0 Å². The second-order valence-corrected chi connectivity index (χ2v) is 9.89. The summed E-state index contributed by atoms with van der Waals surface area (Å²) >= 11 is 0. The molecule has 1 amide bonds. The Balaban J connectivity index is 2.33. The predicted molar refractivity (Wildman–Crippen MR) is 114 cm³/mol. The Morgan fingerprint density at radius 2 is 1.79 bits per heavy atom. The van der Waals surface area contributed by atoms with Crippen molar-refractivity contribution in [1.29, 1.82) is 0 Å². The molecule has 1 saturated heterocycles. The first kappa shape index (κ1) is 23.5. The van der Waals surface area contributed by atoms with Crippen LogP contribution >= 0.6 is 0 Å². The van der Waals surface area contributed by atoms with Crippen LogP contribution in [-0.2, 0) is 21.5 Å². The fourth-order valence-corrected chi connectivity index (χ4v) is 4.79. The van der Waals surface area contributed by atoms with Crippen molar-refractivity contribution < 1.29 is 13.2 Å². The molecule has 0 aliphatic carbocycles. The SMILES string of the molecule is CCN(CC)S(=O)(=O)N(C)Cc1nc([C@H]2CC(=O)N(C(C)C)C2)cc(N(C)C)n1. The highest BCUT2D eigenvalue weighted by atomic mass is 32.2. The van der Waals surface area contributed by atoms with E-state index in [4.69, 9.17) is 0 Å². The summed E-state index contributed by atoms with van der Waals surface area (Å²) in [5, 5.41) is 0. The summed E-state index contributed by atoms with van der Waals surface area (Å²) < 4.78 is 28.2. The normalized spacial score (nSPS) is 17.8. The van der Waals surface area contributed by atoms with Crippen molar-refractivity contribution in [2.24, 2.45) is 0 Å². The van der Waals surface area contributed by atoms with E-state index in [0.29, 0.717) is 37.7 Å². The quantitative estimate of drug-likeness (QED) is 0.591. The molecule has 29 heavy (non-hydrogen) atoms. The highest BCUT2D eigenvalue weighted by Gasteiger charge is 2.34. The van der Waals surface area contributed by atoms with E-state index in [-0.39, 0.29) is 24.4 Å². The largest absolute Gasteiger partial charge is 0.363 e. The van der Waals surface area contributed by atoms with Crippen molar-refractivity contribution >= 4 is 21.9 Å². The summed E-state index contributed by atoms with van der Waals surface area (Å²) in [5.74, 6) is 1.24. The summed E-state index contributed by atoms with van der Waals surface area (Å²) in [6.07, 6.45) is 0.412. The van der Waals surface area contributed by atoms with Crippen LogP contribution in [0.4, 0.5) is 5.82 Å². The van der Waals surface area contributed by atoms with Gasteiger partial charge in [0.2, 0.25) is 5.91 Å². The molecule has 1 aliphatic heterocycles. The molecular weight excluding hydrogens is 392 g/mol. The maximum absolute atomic E-state index is 12.8. The molecule has 1 fully saturated rings. The zero-order valence-corrected chi connectivity index (χ0v) is 19.4. The van der Waals surface area contributed by atoms with Crippen molar-refractivity contribution in [3.63, 3.8) is 0 Å². The van der Waals surface area contributed by atoms with Crippen LogP contribution in [0.5, 0.6) is 0 Å². The van der Waals surface area contributed by atoms with Gasteiger partial charge in [-0.25, -0.2) is 9.97 Å². The summed E-state index contributed by atoms with van der Waals surface area (Å²) in [4.78, 5) is 25.2. The molecule has 1 aromatic rings. The molecule has 1 aliphatic rings. The van der Waals surface area contributed by atoms with Gasteiger partial charge in [-0.1, -0.05) is 13.8 Å². The monoisotopic (exact) mass is 426 g/mol. The number of carbonyl (C=O) groups is 1. The maximum atomic E-state index is 12.8. The van der Waals surface area contributed by atoms with Gasteiger partial charge in [-0.05, 0) is 13.8 Å². The number of carbonyl (C=O) groups excluding carboxylic acids is 1. The fraction of sp³-hybridized carbons (Fsp3) is 0.737. The number of hydrogen-bond acceptors (Lipinski definition) is 6. The Morgan fingerprint density at radius 1 is 1.17 bits per heavy atom. The van der Waals surface area contributed by atoms with E-state index < -0.39 is 10.2 Å². The van der Waals surface area contributed by atoms with E-state index in [1.807, 2.05) is 57.7 Å². The van der Waals surface area contributed by atoms with Crippen LogP contribution in [0.25, 0.3) is 0 Å². The van der Waals surface area contributed by atoms with Crippen LogP contribution in [-0.4, -0.2) is 84.6 Å². The van der Waals surface area contributed by atoms with Crippen molar-refractivity contribution in [2.75, 3.05) is 45.7 Å². The number of aromatic nitrogens is 2. The van der Waals surface area contributed by atoms with Crippen LogP contribution in [0.1, 0.15) is 51.6 Å². The first-order chi connectivity index (χ1) is 13.5. The molecule has 0 unspecified atom stereocenters. The van der Waals surface area contributed by atoms with Gasteiger partial charge < -0.3 is 9.80 Å². The Labute approximate surface area is 174 Å². The van der Waals surface area contributed by atoms with Gasteiger partial charge in [0.25, 0.3) is 10.2 Å². The smallest absolute Gasteiger partial charge is 0.282 e. The first-order valence-electron chi connectivity index (χ1n) is 10.1. The average Bonchev–Trinajstić information content (AvgIpc) is 3.04. The third-order valence-corrected chi connectivity index (χ3v) is 7.31. The minimum atomic E-state index is -3.58. The lowest BCUT2D eigenvalue weighted by Gasteiger charge is -2.25. The maximum Gasteiger partial charge on any atom is 0.282 e. The van der Waals surface area contributed by atoms with Crippen molar-refractivity contribution in [1.82, 2.24) is 23.5 Å². The zero-order chi connectivity index (χ0) is 21.9. The molecule has 10 heteroatoms. The molecule has 0 spiro atoms. The molecule has 2 rings (SSSR count). The van der Waals surface area contributed by atoms with Gasteiger partial charge in [0.15, 0.2) is 0 Å². The van der Waals surface area contributed by atoms with Gasteiger partial charge in [0.05, 0.1) is 12.2 Å². The van der Waals surface area contributed by atoms with E-state index in [1.165, 1.54) is 8.61 Å². The topological polar surface area (TPSA) is 90.0 Å². The van der Waals surface area contributed by atoms with E-state index >= 15 is 0 Å². The summed E-state index contributed by atoms with van der Waals surface area (Å²) in [5.41, 5.74) is 0.781. The second-order valence-electron chi connectivity index (χ2n) is 7.85. The number of nitrogens with zero attached hydrogens (tertiary/aromatic N) is 6. The van der Waals surface area contributed by atoms with E-state index in [1.54, 1.807) is 7.05 Å². The third-order valence-electron chi connectivity index (χ3n) is 5.23. The van der Waals surface area contributed by atoms with Crippen LogP contribution in [0.3, 0.4) is 0 Å². The highest BCUT2D eigenvalue weighted by Crippen LogP contribution is 2.30. The number of likely N-dealkylation sites (tertiary alicyclic amines) is 1. The third kappa shape index (κ3) is 5.23. The molecule has 1 atom stereocenters. The molecule has 0 N–H and O–H groups in total. The van der Waals surface area contributed by atoms with Crippen molar-refractivity contribution in [3.05, 3.63) is 17.6 Å². The second kappa shape index (κ2) is 9.36. The van der Waals surface area contributed by atoms with Gasteiger partial charge in [-0.15, -0.1) is 0 Å². The van der Waals surface area contributed by atoms with Crippen LogP contribution in [0, 0.1) is 0 Å². The van der Waals surface area contributed by atoms with Crippen LogP contribution in [0.15, 0.2) is 6.07 Å². The first-order valence-corrected chi connectivity index (χ1v) is 11.5. The predicted octanol–water partition coefficient (Wildman–Crippen LogP) is 1.29. The molecule has 164 valence electrons. The molecular formula is C19H34N6O3S.